The third-order valence-electron chi connectivity index (χ3n) is 2.55. The van der Waals surface area contributed by atoms with Crippen molar-refractivity contribution in [2.75, 3.05) is 24.8 Å². The zero-order valence-corrected chi connectivity index (χ0v) is 10.4. The van der Waals surface area contributed by atoms with Gasteiger partial charge in [-0.25, -0.2) is 4.98 Å². The van der Waals surface area contributed by atoms with Gasteiger partial charge in [0, 0.05) is 26.0 Å². The van der Waals surface area contributed by atoms with Crippen molar-refractivity contribution < 1.29 is 4.74 Å². The van der Waals surface area contributed by atoms with E-state index in [0.29, 0.717) is 23.9 Å². The maximum atomic E-state index is 5.94. The van der Waals surface area contributed by atoms with E-state index < -0.39 is 0 Å². The fourth-order valence-corrected chi connectivity index (χ4v) is 1.67. The van der Waals surface area contributed by atoms with Crippen molar-refractivity contribution >= 4 is 11.5 Å². The Morgan fingerprint density at radius 3 is 2.67 bits per heavy atom. The first-order chi connectivity index (χ1) is 8.72. The van der Waals surface area contributed by atoms with Crippen LogP contribution in [0.1, 0.15) is 5.56 Å². The van der Waals surface area contributed by atoms with E-state index in [1.165, 1.54) is 13.4 Å². The van der Waals surface area contributed by atoms with Crippen LogP contribution in [0.15, 0.2) is 30.9 Å². The van der Waals surface area contributed by atoms with Crippen molar-refractivity contribution in [3.63, 3.8) is 0 Å². The molecule has 2 aromatic heterocycles. The van der Waals surface area contributed by atoms with Crippen LogP contribution in [0.3, 0.4) is 0 Å². The SMILES string of the molecule is COc1ncnc(N(C)Cc2ccncc2)c1N. The molecule has 2 N–H and O–H groups in total. The van der Waals surface area contributed by atoms with Crippen LogP contribution in [0.25, 0.3) is 0 Å². The molecule has 0 atom stereocenters. The highest BCUT2D eigenvalue weighted by Crippen LogP contribution is 2.27. The van der Waals surface area contributed by atoms with E-state index in [1.54, 1.807) is 12.4 Å². The van der Waals surface area contributed by atoms with Crippen LogP contribution in [0.5, 0.6) is 5.88 Å². The number of hydrogen-bond acceptors (Lipinski definition) is 6. The molecule has 0 fully saturated rings. The van der Waals surface area contributed by atoms with Gasteiger partial charge in [0.25, 0.3) is 0 Å². The van der Waals surface area contributed by atoms with E-state index in [1.807, 2.05) is 24.1 Å². The van der Waals surface area contributed by atoms with Crippen LogP contribution in [0.4, 0.5) is 11.5 Å². The Labute approximate surface area is 105 Å². The van der Waals surface area contributed by atoms with Crippen LogP contribution in [-0.4, -0.2) is 29.1 Å². The van der Waals surface area contributed by atoms with E-state index in [2.05, 4.69) is 15.0 Å². The topological polar surface area (TPSA) is 77.2 Å². The predicted molar refractivity (Wildman–Crippen MR) is 69.3 cm³/mol. The van der Waals surface area contributed by atoms with Crippen molar-refractivity contribution in [1.82, 2.24) is 15.0 Å². The Kier molecular flexibility index (Phi) is 3.57. The van der Waals surface area contributed by atoms with E-state index in [9.17, 15) is 0 Å². The lowest BCUT2D eigenvalue weighted by atomic mass is 10.2. The van der Waals surface area contributed by atoms with Crippen LogP contribution < -0.4 is 15.4 Å². The largest absolute Gasteiger partial charge is 0.479 e. The van der Waals surface area contributed by atoms with Crippen LogP contribution in [0.2, 0.25) is 0 Å². The number of pyridine rings is 1. The minimum atomic E-state index is 0.390. The first-order valence-corrected chi connectivity index (χ1v) is 5.47. The molecule has 0 aromatic carbocycles. The van der Waals surface area contributed by atoms with Crippen molar-refractivity contribution in [3.05, 3.63) is 36.4 Å². The second-order valence-electron chi connectivity index (χ2n) is 3.83. The molecule has 0 saturated heterocycles. The Balaban J connectivity index is 2.21. The summed E-state index contributed by atoms with van der Waals surface area (Å²) in [4.78, 5) is 14.0. The van der Waals surface area contributed by atoms with Gasteiger partial charge in [-0.2, -0.15) is 4.98 Å². The third-order valence-corrected chi connectivity index (χ3v) is 2.55. The zero-order valence-electron chi connectivity index (χ0n) is 10.4. The zero-order chi connectivity index (χ0) is 13.0. The van der Waals surface area contributed by atoms with Crippen LogP contribution in [-0.2, 0) is 6.54 Å². The molecular weight excluding hydrogens is 230 g/mol. The first-order valence-electron chi connectivity index (χ1n) is 5.47. The number of nitrogen functional groups attached to an aromatic ring is 1. The van der Waals surface area contributed by atoms with Crippen molar-refractivity contribution in [1.29, 1.82) is 0 Å². The maximum absolute atomic E-state index is 5.94. The minimum absolute atomic E-state index is 0.390. The molecule has 0 aliphatic carbocycles. The molecule has 0 aliphatic rings. The fourth-order valence-electron chi connectivity index (χ4n) is 1.67. The van der Waals surface area contributed by atoms with Gasteiger partial charge < -0.3 is 15.4 Å². The van der Waals surface area contributed by atoms with Gasteiger partial charge in [-0.15, -0.1) is 0 Å². The summed E-state index contributed by atoms with van der Waals surface area (Å²) in [6, 6.07) is 3.90. The lowest BCUT2D eigenvalue weighted by Gasteiger charge is -2.20. The van der Waals surface area contributed by atoms with Gasteiger partial charge in [0.1, 0.15) is 12.0 Å². The fraction of sp³-hybridized carbons (Fsp3) is 0.250. The molecule has 2 aromatic rings. The van der Waals surface area contributed by atoms with Crippen molar-refractivity contribution in [3.8, 4) is 5.88 Å². The smallest absolute Gasteiger partial charge is 0.242 e. The molecule has 0 spiro atoms. The quantitative estimate of drug-likeness (QED) is 0.869. The van der Waals surface area contributed by atoms with Gasteiger partial charge >= 0.3 is 0 Å². The molecule has 2 rings (SSSR count). The summed E-state index contributed by atoms with van der Waals surface area (Å²) in [6.07, 6.45) is 4.95. The Morgan fingerprint density at radius 2 is 2.00 bits per heavy atom. The molecule has 6 nitrogen and oxygen atoms in total. The molecule has 18 heavy (non-hydrogen) atoms. The molecule has 2 heterocycles. The summed E-state index contributed by atoms with van der Waals surface area (Å²) in [5.74, 6) is 1.04. The number of nitrogens with two attached hydrogens (primary N) is 1. The first kappa shape index (κ1) is 12.1. The molecule has 0 aliphatic heterocycles. The predicted octanol–water partition coefficient (Wildman–Crippen LogP) is 1.10. The average molecular weight is 245 g/mol. The van der Waals surface area contributed by atoms with Crippen molar-refractivity contribution in [2.24, 2.45) is 0 Å². The summed E-state index contributed by atoms with van der Waals surface area (Å²) in [6.45, 7) is 0.687. The second-order valence-corrected chi connectivity index (χ2v) is 3.83. The molecule has 0 amide bonds. The summed E-state index contributed by atoms with van der Waals surface area (Å²) in [5.41, 5.74) is 7.51. The van der Waals surface area contributed by atoms with Gasteiger partial charge in [-0.05, 0) is 17.7 Å². The normalized spacial score (nSPS) is 10.1. The van der Waals surface area contributed by atoms with Crippen LogP contribution >= 0.6 is 0 Å². The lowest BCUT2D eigenvalue weighted by molar-refractivity contribution is 0.399. The number of ether oxygens (including phenoxy) is 1. The summed E-state index contributed by atoms with van der Waals surface area (Å²) in [5, 5.41) is 0. The summed E-state index contributed by atoms with van der Waals surface area (Å²) < 4.78 is 5.07. The highest BCUT2D eigenvalue weighted by Gasteiger charge is 2.12. The minimum Gasteiger partial charge on any atom is -0.479 e. The van der Waals surface area contributed by atoms with Crippen molar-refractivity contribution in [2.45, 2.75) is 6.54 Å². The molecule has 6 heteroatoms. The Bertz CT molecular complexity index is 517. The lowest BCUT2D eigenvalue weighted by Crippen LogP contribution is -2.19. The number of methoxy groups -OCH3 is 1. The molecule has 94 valence electrons. The van der Waals surface area contributed by atoms with Gasteiger partial charge in [-0.3, -0.25) is 4.98 Å². The molecule has 0 radical (unpaired) electrons. The third kappa shape index (κ3) is 2.48. The van der Waals surface area contributed by atoms with Gasteiger partial charge in [0.15, 0.2) is 5.82 Å². The summed E-state index contributed by atoms with van der Waals surface area (Å²) in [7, 11) is 3.45. The molecular formula is C12H15N5O. The molecule has 0 bridgehead atoms. The molecule has 0 unspecified atom stereocenters. The van der Waals surface area contributed by atoms with Crippen LogP contribution in [0, 0.1) is 0 Å². The van der Waals surface area contributed by atoms with E-state index in [4.69, 9.17) is 10.5 Å². The number of hydrogen-bond donors (Lipinski definition) is 1. The van der Waals surface area contributed by atoms with Gasteiger partial charge in [0.05, 0.1) is 7.11 Å². The number of nitrogens with zero attached hydrogens (tertiary/aromatic N) is 4. The monoisotopic (exact) mass is 245 g/mol. The standard InChI is InChI=1S/C12H15N5O/c1-17(7-9-3-5-14-6-4-9)11-10(13)12(18-2)16-8-15-11/h3-6,8H,7,13H2,1-2H3. The van der Waals surface area contributed by atoms with Gasteiger partial charge in [0.2, 0.25) is 5.88 Å². The number of anilines is 2. The van der Waals surface area contributed by atoms with Gasteiger partial charge in [-0.1, -0.05) is 0 Å². The number of aromatic nitrogens is 3. The van der Waals surface area contributed by atoms with E-state index >= 15 is 0 Å². The Hall–Kier alpha value is -2.37. The summed E-state index contributed by atoms with van der Waals surface area (Å²) >= 11 is 0. The van der Waals surface area contributed by atoms with E-state index in [0.717, 1.165) is 5.56 Å². The highest BCUT2D eigenvalue weighted by molar-refractivity contribution is 5.67. The maximum Gasteiger partial charge on any atom is 0.242 e. The Morgan fingerprint density at radius 1 is 1.28 bits per heavy atom. The second kappa shape index (κ2) is 5.31. The highest BCUT2D eigenvalue weighted by atomic mass is 16.5. The van der Waals surface area contributed by atoms with E-state index in [-0.39, 0.29) is 0 Å². The average Bonchev–Trinajstić information content (AvgIpc) is 2.40. The number of rotatable bonds is 4. The molecule has 0 saturated carbocycles.